The summed E-state index contributed by atoms with van der Waals surface area (Å²) in [5, 5.41) is 0.648. The predicted octanol–water partition coefficient (Wildman–Crippen LogP) is 5.47. The number of likely N-dealkylation sites (tertiary alicyclic amines) is 1. The molecule has 0 aromatic heterocycles. The zero-order valence-corrected chi connectivity index (χ0v) is 17.5. The molecule has 3 rings (SSSR count). The molecular weight excluding hydrogens is 368 g/mol. The maximum Gasteiger partial charge on any atom is 0.249 e. The Kier molecular flexibility index (Phi) is 7.52. The van der Waals surface area contributed by atoms with E-state index in [2.05, 4.69) is 36.1 Å². The van der Waals surface area contributed by atoms with E-state index < -0.39 is 0 Å². The SMILES string of the molecule is CCCCN1CCC(CC(c2ccccc2)c2cc(Cl)ccc2C(N)=O)CC1. The summed E-state index contributed by atoms with van der Waals surface area (Å²) in [7, 11) is 0. The molecule has 1 saturated heterocycles. The summed E-state index contributed by atoms with van der Waals surface area (Å²) >= 11 is 6.30. The number of primary amides is 1. The van der Waals surface area contributed by atoms with Gasteiger partial charge < -0.3 is 10.6 Å². The van der Waals surface area contributed by atoms with Crippen molar-refractivity contribution in [1.82, 2.24) is 4.90 Å². The fourth-order valence-electron chi connectivity index (χ4n) is 4.34. The second-order valence-corrected chi connectivity index (χ2v) is 8.37. The third kappa shape index (κ3) is 5.36. The van der Waals surface area contributed by atoms with Crippen LogP contribution >= 0.6 is 11.6 Å². The summed E-state index contributed by atoms with van der Waals surface area (Å²) in [6.45, 7) is 5.80. The van der Waals surface area contributed by atoms with E-state index in [9.17, 15) is 4.79 Å². The summed E-state index contributed by atoms with van der Waals surface area (Å²) in [5.41, 5.74) is 8.45. The first-order valence-electron chi connectivity index (χ1n) is 10.4. The molecule has 1 amide bonds. The monoisotopic (exact) mass is 398 g/mol. The number of rotatable bonds is 8. The van der Waals surface area contributed by atoms with Gasteiger partial charge in [-0.25, -0.2) is 0 Å². The van der Waals surface area contributed by atoms with Gasteiger partial charge in [0, 0.05) is 16.5 Å². The van der Waals surface area contributed by atoms with E-state index in [1.165, 1.54) is 50.9 Å². The largest absolute Gasteiger partial charge is 0.366 e. The molecule has 1 unspecified atom stereocenters. The van der Waals surface area contributed by atoms with Gasteiger partial charge in [0.25, 0.3) is 0 Å². The smallest absolute Gasteiger partial charge is 0.249 e. The minimum absolute atomic E-state index is 0.134. The molecule has 2 N–H and O–H groups in total. The molecule has 3 nitrogen and oxygen atoms in total. The second-order valence-electron chi connectivity index (χ2n) is 7.93. The Bertz CT molecular complexity index is 769. The van der Waals surface area contributed by atoms with Crippen LogP contribution in [0.4, 0.5) is 0 Å². The fraction of sp³-hybridized carbons (Fsp3) is 0.458. The highest BCUT2D eigenvalue weighted by atomic mass is 35.5. The van der Waals surface area contributed by atoms with Crippen molar-refractivity contribution in [1.29, 1.82) is 0 Å². The minimum atomic E-state index is -0.387. The van der Waals surface area contributed by atoms with Crippen LogP contribution < -0.4 is 5.73 Å². The first-order valence-corrected chi connectivity index (χ1v) is 10.8. The van der Waals surface area contributed by atoms with Gasteiger partial charge in [-0.2, -0.15) is 0 Å². The number of carbonyl (C=O) groups is 1. The second kappa shape index (κ2) is 10.1. The van der Waals surface area contributed by atoms with E-state index in [0.717, 1.165) is 12.0 Å². The lowest BCUT2D eigenvalue weighted by atomic mass is 9.78. The third-order valence-electron chi connectivity index (χ3n) is 5.96. The number of hydrogen-bond acceptors (Lipinski definition) is 2. The van der Waals surface area contributed by atoms with Gasteiger partial charge in [-0.3, -0.25) is 4.79 Å². The molecule has 0 bridgehead atoms. The number of hydrogen-bond donors (Lipinski definition) is 1. The van der Waals surface area contributed by atoms with Gasteiger partial charge >= 0.3 is 0 Å². The summed E-state index contributed by atoms with van der Waals surface area (Å²) in [6.07, 6.45) is 5.97. The van der Waals surface area contributed by atoms with Crippen LogP contribution in [0.15, 0.2) is 48.5 Å². The molecule has 2 aromatic rings. The standard InChI is InChI=1S/C24H31ClN2O/c1-2-3-13-27-14-11-18(12-15-27)16-22(19-7-5-4-6-8-19)23-17-20(25)9-10-21(23)24(26)28/h4-10,17-18,22H,2-3,11-16H2,1H3,(H2,26,28). The summed E-state index contributed by atoms with van der Waals surface area (Å²) < 4.78 is 0. The van der Waals surface area contributed by atoms with E-state index in [1.807, 2.05) is 12.1 Å². The number of halogens is 1. The van der Waals surface area contributed by atoms with Crippen LogP contribution in [-0.4, -0.2) is 30.4 Å². The van der Waals surface area contributed by atoms with Gasteiger partial charge in [-0.05, 0) is 80.6 Å². The van der Waals surface area contributed by atoms with Gasteiger partial charge in [-0.15, -0.1) is 0 Å². The number of piperidine rings is 1. The highest BCUT2D eigenvalue weighted by Crippen LogP contribution is 2.37. The van der Waals surface area contributed by atoms with Gasteiger partial charge in [0.15, 0.2) is 0 Å². The normalized spacial score (nSPS) is 16.8. The van der Waals surface area contributed by atoms with Crippen molar-refractivity contribution in [3.8, 4) is 0 Å². The number of carbonyl (C=O) groups excluding carboxylic acids is 1. The number of nitrogens with two attached hydrogens (primary N) is 1. The van der Waals surface area contributed by atoms with Crippen LogP contribution in [0.1, 0.15) is 66.4 Å². The molecule has 28 heavy (non-hydrogen) atoms. The minimum Gasteiger partial charge on any atom is -0.366 e. The Hall–Kier alpha value is -1.84. The molecule has 1 fully saturated rings. The van der Waals surface area contributed by atoms with Crippen molar-refractivity contribution >= 4 is 17.5 Å². The highest BCUT2D eigenvalue weighted by Gasteiger charge is 2.26. The average Bonchev–Trinajstić information content (AvgIpc) is 2.71. The number of amides is 1. The van der Waals surface area contributed by atoms with E-state index >= 15 is 0 Å². The number of benzene rings is 2. The van der Waals surface area contributed by atoms with Crippen LogP contribution in [0.3, 0.4) is 0 Å². The van der Waals surface area contributed by atoms with Gasteiger partial charge in [0.05, 0.1) is 0 Å². The molecular formula is C24H31ClN2O. The number of unbranched alkanes of at least 4 members (excludes halogenated alkanes) is 1. The van der Waals surface area contributed by atoms with Crippen molar-refractivity contribution in [2.24, 2.45) is 11.7 Å². The summed E-state index contributed by atoms with van der Waals surface area (Å²) in [6, 6.07) is 15.9. The lowest BCUT2D eigenvalue weighted by Gasteiger charge is -2.34. The molecule has 0 saturated carbocycles. The van der Waals surface area contributed by atoms with Crippen LogP contribution in [-0.2, 0) is 0 Å². The third-order valence-corrected chi connectivity index (χ3v) is 6.20. The fourth-order valence-corrected chi connectivity index (χ4v) is 4.52. The predicted molar refractivity (Wildman–Crippen MR) is 117 cm³/mol. The van der Waals surface area contributed by atoms with E-state index in [1.54, 1.807) is 12.1 Å². The highest BCUT2D eigenvalue weighted by molar-refractivity contribution is 6.30. The molecule has 1 aliphatic rings. The average molecular weight is 399 g/mol. The first kappa shape index (κ1) is 20.9. The Balaban J connectivity index is 1.82. The van der Waals surface area contributed by atoms with Gasteiger partial charge in [0.2, 0.25) is 5.91 Å². The van der Waals surface area contributed by atoms with Crippen LogP contribution in [0, 0.1) is 5.92 Å². The molecule has 1 atom stereocenters. The molecule has 0 spiro atoms. The lowest BCUT2D eigenvalue weighted by molar-refractivity contribution is 0.0998. The quantitative estimate of drug-likeness (QED) is 0.640. The topological polar surface area (TPSA) is 46.3 Å². The Morgan fingerprint density at radius 1 is 1.18 bits per heavy atom. The molecule has 0 radical (unpaired) electrons. The van der Waals surface area contributed by atoms with Crippen molar-refractivity contribution in [2.45, 2.75) is 44.9 Å². The number of nitrogens with zero attached hydrogens (tertiary/aromatic N) is 1. The Morgan fingerprint density at radius 3 is 2.54 bits per heavy atom. The van der Waals surface area contributed by atoms with Gasteiger partial charge in [-0.1, -0.05) is 55.3 Å². The molecule has 4 heteroatoms. The van der Waals surface area contributed by atoms with Crippen molar-refractivity contribution in [3.63, 3.8) is 0 Å². The zero-order chi connectivity index (χ0) is 19.9. The summed E-state index contributed by atoms with van der Waals surface area (Å²) in [5.74, 6) is 0.388. The molecule has 1 aliphatic heterocycles. The van der Waals surface area contributed by atoms with E-state index in [-0.39, 0.29) is 11.8 Å². The molecule has 150 valence electrons. The van der Waals surface area contributed by atoms with Gasteiger partial charge in [0.1, 0.15) is 0 Å². The first-order chi connectivity index (χ1) is 13.6. The zero-order valence-electron chi connectivity index (χ0n) is 16.7. The molecule has 1 heterocycles. The van der Waals surface area contributed by atoms with E-state index in [4.69, 9.17) is 17.3 Å². The molecule has 0 aliphatic carbocycles. The molecule has 2 aromatic carbocycles. The van der Waals surface area contributed by atoms with Crippen molar-refractivity contribution < 1.29 is 4.79 Å². The van der Waals surface area contributed by atoms with Crippen molar-refractivity contribution in [3.05, 3.63) is 70.2 Å². The maximum atomic E-state index is 12.1. The van der Waals surface area contributed by atoms with Crippen LogP contribution in [0.2, 0.25) is 5.02 Å². The van der Waals surface area contributed by atoms with Crippen LogP contribution in [0.5, 0.6) is 0 Å². The maximum absolute atomic E-state index is 12.1. The van der Waals surface area contributed by atoms with Crippen molar-refractivity contribution in [2.75, 3.05) is 19.6 Å². The summed E-state index contributed by atoms with van der Waals surface area (Å²) in [4.78, 5) is 14.7. The Morgan fingerprint density at radius 2 is 1.89 bits per heavy atom. The lowest BCUT2D eigenvalue weighted by Crippen LogP contribution is -2.35. The van der Waals surface area contributed by atoms with Crippen LogP contribution in [0.25, 0.3) is 0 Å². The van der Waals surface area contributed by atoms with E-state index in [0.29, 0.717) is 16.5 Å². The Labute approximate surface area is 173 Å².